The van der Waals surface area contributed by atoms with Crippen LogP contribution in [-0.2, 0) is 9.30 Å². The Kier molecular flexibility index (Phi) is 9.40. The van der Waals surface area contributed by atoms with Gasteiger partial charge in [-0.1, -0.05) is 15.9 Å². The minimum atomic E-state index is -2.73. The summed E-state index contributed by atoms with van der Waals surface area (Å²) in [5.74, 6) is 1.77. The van der Waals surface area contributed by atoms with Crippen LogP contribution in [0.4, 0.5) is 21.5 Å². The predicted octanol–water partition coefficient (Wildman–Crippen LogP) is 4.89. The van der Waals surface area contributed by atoms with Crippen molar-refractivity contribution >= 4 is 68.3 Å². The first-order chi connectivity index (χ1) is 22.0. The van der Waals surface area contributed by atoms with Crippen molar-refractivity contribution in [2.24, 2.45) is 9.98 Å². The zero-order valence-corrected chi connectivity index (χ0v) is 29.4. The second kappa shape index (κ2) is 13.2. The molecule has 3 aliphatic rings. The Hall–Kier alpha value is -3.12. The van der Waals surface area contributed by atoms with E-state index in [-0.39, 0.29) is 11.4 Å². The van der Waals surface area contributed by atoms with Crippen LogP contribution < -0.4 is 25.6 Å². The van der Waals surface area contributed by atoms with Gasteiger partial charge in [-0.3, -0.25) is 14.9 Å². The number of piperidine rings is 1. The van der Waals surface area contributed by atoms with Crippen molar-refractivity contribution in [3.05, 3.63) is 42.2 Å². The molecule has 0 amide bonds. The molecule has 0 aliphatic carbocycles. The van der Waals surface area contributed by atoms with Gasteiger partial charge < -0.3 is 29.6 Å². The van der Waals surface area contributed by atoms with Crippen LogP contribution >= 0.6 is 23.1 Å². The van der Waals surface area contributed by atoms with E-state index in [4.69, 9.17) is 14.5 Å². The molecule has 4 heterocycles. The number of halogens is 2. The number of fused-ring (bicyclic) bond motifs is 1. The summed E-state index contributed by atoms with van der Waals surface area (Å²) in [5.41, 5.74) is 3.77. The van der Waals surface area contributed by atoms with Crippen molar-refractivity contribution < 1.29 is 18.4 Å². The van der Waals surface area contributed by atoms with Gasteiger partial charge in [-0.25, -0.2) is 9.38 Å². The molecule has 0 bridgehead atoms. The minimum Gasteiger partial charge on any atom is -0.494 e. The van der Waals surface area contributed by atoms with Crippen molar-refractivity contribution in [3.63, 3.8) is 0 Å². The number of rotatable bonds is 8. The van der Waals surface area contributed by atoms with E-state index in [2.05, 4.69) is 70.4 Å². The van der Waals surface area contributed by atoms with Crippen LogP contribution in [0.15, 0.2) is 46.6 Å². The number of hydrogen-bond acceptors (Lipinski definition) is 11. The molecule has 2 saturated heterocycles. The third kappa shape index (κ3) is 6.79. The zero-order chi connectivity index (χ0) is 32.6. The van der Waals surface area contributed by atoms with E-state index in [9.17, 15) is 8.96 Å². The molecule has 2 aromatic carbocycles. The molecule has 0 spiro atoms. The first-order valence-corrected chi connectivity index (χ1v) is 19.0. The lowest BCUT2D eigenvalue weighted by molar-refractivity contribution is -0.0977. The maximum Gasteiger partial charge on any atom is 0.224 e. The maximum absolute atomic E-state index is 14.6. The first-order valence-electron chi connectivity index (χ1n) is 15.4. The Morgan fingerprint density at radius 3 is 2.52 bits per heavy atom. The normalized spacial score (nSPS) is 20.6. The molecule has 14 heteroatoms. The predicted molar refractivity (Wildman–Crippen MR) is 189 cm³/mol. The molecule has 1 unspecified atom stereocenters. The van der Waals surface area contributed by atoms with Gasteiger partial charge in [0.1, 0.15) is 24.2 Å². The number of aromatic nitrogens is 2. The molecule has 1 atom stereocenters. The van der Waals surface area contributed by atoms with E-state index in [1.165, 1.54) is 0 Å². The average molecular weight is 716 g/mol. The van der Waals surface area contributed by atoms with Gasteiger partial charge in [0.25, 0.3) is 0 Å². The van der Waals surface area contributed by atoms with Crippen molar-refractivity contribution in [2.45, 2.75) is 36.3 Å². The molecule has 2 fully saturated rings. The van der Waals surface area contributed by atoms with Crippen molar-refractivity contribution in [1.29, 1.82) is 0 Å². The Morgan fingerprint density at radius 2 is 1.83 bits per heavy atom. The average Bonchev–Trinajstić information content (AvgIpc) is 3.01. The van der Waals surface area contributed by atoms with Gasteiger partial charge in [0.2, 0.25) is 5.96 Å². The molecule has 0 radical (unpaired) electrons. The summed E-state index contributed by atoms with van der Waals surface area (Å²) in [5, 5.41) is 7.42. The zero-order valence-electron chi connectivity index (χ0n) is 26.9. The highest BCUT2D eigenvalue weighted by molar-refractivity contribution is 9.10. The molecule has 0 saturated carbocycles. The molecule has 2 N–H and O–H groups in total. The number of aliphatic imine (C=N–C) groups is 2. The van der Waals surface area contributed by atoms with Gasteiger partial charge >= 0.3 is 0 Å². The molecular formula is C32H41BrFN8O3P. The van der Waals surface area contributed by atoms with Gasteiger partial charge in [0.15, 0.2) is 5.67 Å². The van der Waals surface area contributed by atoms with Crippen LogP contribution in [0.2, 0.25) is 0 Å². The summed E-state index contributed by atoms with van der Waals surface area (Å²) in [7, 11) is 0.482. The molecule has 1 aromatic heterocycles. The molecule has 6 rings (SSSR count). The van der Waals surface area contributed by atoms with Crippen molar-refractivity contribution in [3.8, 4) is 5.75 Å². The fourth-order valence-electron chi connectivity index (χ4n) is 6.62. The van der Waals surface area contributed by atoms with Crippen molar-refractivity contribution in [2.75, 3.05) is 82.4 Å². The summed E-state index contributed by atoms with van der Waals surface area (Å²) in [6.07, 6.45) is 5.21. The van der Waals surface area contributed by atoms with Crippen LogP contribution in [0.1, 0.15) is 18.4 Å². The number of likely N-dealkylation sites (tertiary alicyclic amines) is 1. The number of hydrogen-bond donors (Lipinski definition) is 2. The number of nitrogens with zero attached hydrogens (tertiary/aromatic N) is 6. The maximum atomic E-state index is 14.6. The standard InChI is InChI=1S/C32H41BrFN8O3P/c1-20-14-25(27(45-3)15-26(20)41-12-8-21(9-13-41)42-17-32(34,18-42)19-44-2)39-31-37-16-22(33)30(40-31)38-24-7-6-23-28(36-11-10-35-23)29(24)46(4,5)43/h6-7,10-11,14-15,21-22H,8-9,12-13,16-19H2,1-5H3,(H2,37,38,39,40). The fraction of sp³-hybridized carbons (Fsp3) is 0.500. The molecule has 246 valence electrons. The smallest absolute Gasteiger partial charge is 0.224 e. The Bertz CT molecular complexity index is 1720. The Morgan fingerprint density at radius 1 is 1.09 bits per heavy atom. The Labute approximate surface area is 277 Å². The monoisotopic (exact) mass is 714 g/mol. The van der Waals surface area contributed by atoms with Crippen molar-refractivity contribution in [1.82, 2.24) is 14.9 Å². The van der Waals surface area contributed by atoms with Crippen LogP contribution in [0.5, 0.6) is 5.75 Å². The van der Waals surface area contributed by atoms with Crippen LogP contribution in [-0.4, -0.2) is 110 Å². The largest absolute Gasteiger partial charge is 0.494 e. The lowest BCUT2D eigenvalue weighted by Crippen LogP contribution is -2.65. The van der Waals surface area contributed by atoms with E-state index >= 15 is 0 Å². The van der Waals surface area contributed by atoms with Gasteiger partial charge in [0.05, 0.1) is 47.3 Å². The Balaban J connectivity index is 1.17. The van der Waals surface area contributed by atoms with E-state index < -0.39 is 12.8 Å². The highest BCUT2D eigenvalue weighted by Crippen LogP contribution is 2.41. The molecule has 46 heavy (non-hydrogen) atoms. The fourth-order valence-corrected chi connectivity index (χ4v) is 8.37. The van der Waals surface area contributed by atoms with E-state index in [1.54, 1.807) is 39.9 Å². The van der Waals surface area contributed by atoms with Crippen LogP contribution in [0.25, 0.3) is 11.0 Å². The molecule has 3 aromatic rings. The molecule has 3 aliphatic heterocycles. The number of amidine groups is 1. The number of alkyl halides is 2. The highest BCUT2D eigenvalue weighted by Gasteiger charge is 2.46. The number of guanidine groups is 1. The summed E-state index contributed by atoms with van der Waals surface area (Å²) in [4.78, 5) is 22.8. The lowest BCUT2D eigenvalue weighted by atomic mass is 9.91. The van der Waals surface area contributed by atoms with Gasteiger partial charge in [-0.15, -0.1) is 0 Å². The van der Waals surface area contributed by atoms with Gasteiger partial charge in [-0.2, -0.15) is 4.99 Å². The topological polar surface area (TPSA) is 117 Å². The molecule has 11 nitrogen and oxygen atoms in total. The highest BCUT2D eigenvalue weighted by atomic mass is 79.9. The number of aryl methyl sites for hydroxylation is 1. The number of methoxy groups -OCH3 is 2. The van der Waals surface area contributed by atoms with Gasteiger partial charge in [0, 0.05) is 63.5 Å². The van der Waals surface area contributed by atoms with E-state index in [0.29, 0.717) is 65.2 Å². The lowest BCUT2D eigenvalue weighted by Gasteiger charge is -2.50. The van der Waals surface area contributed by atoms with Crippen LogP contribution in [0.3, 0.4) is 0 Å². The third-order valence-corrected chi connectivity index (χ3v) is 11.1. The van der Waals surface area contributed by atoms with E-state index in [1.807, 2.05) is 12.1 Å². The molecular weight excluding hydrogens is 674 g/mol. The number of anilines is 3. The number of ether oxygens (including phenoxy) is 2. The second-order valence-electron chi connectivity index (χ2n) is 12.7. The van der Waals surface area contributed by atoms with Crippen LogP contribution in [0, 0.1) is 6.92 Å². The second-order valence-corrected chi connectivity index (χ2v) is 16.9. The van der Waals surface area contributed by atoms with Gasteiger partial charge in [-0.05, 0) is 56.9 Å². The quantitative estimate of drug-likeness (QED) is 0.249. The first kappa shape index (κ1) is 32.8. The van der Waals surface area contributed by atoms with E-state index in [0.717, 1.165) is 42.9 Å². The summed E-state index contributed by atoms with van der Waals surface area (Å²) in [6.45, 7) is 8.86. The SMILES string of the molecule is COCC1(F)CN(C2CCN(c3cc(OC)c(NC4=NCC(Br)C(Nc5ccc6nccnc6c5P(C)(C)=O)=N4)cc3C)CC2)C1. The third-order valence-electron chi connectivity index (χ3n) is 8.80. The number of benzene rings is 2. The summed E-state index contributed by atoms with van der Waals surface area (Å²) < 4.78 is 38.9. The summed E-state index contributed by atoms with van der Waals surface area (Å²) in [6, 6.07) is 8.26. The summed E-state index contributed by atoms with van der Waals surface area (Å²) >= 11 is 3.69. The number of nitrogens with one attached hydrogen (secondary N) is 2. The minimum absolute atomic E-state index is 0.163.